The van der Waals surface area contributed by atoms with Crippen molar-refractivity contribution in [3.05, 3.63) is 28.2 Å². The van der Waals surface area contributed by atoms with E-state index in [1.807, 2.05) is 0 Å². The molecule has 2 aliphatic rings. The summed E-state index contributed by atoms with van der Waals surface area (Å²) in [6.07, 6.45) is 10.7. The number of aromatic nitrogens is 1. The van der Waals surface area contributed by atoms with Crippen molar-refractivity contribution in [3.63, 3.8) is 0 Å². The first-order valence-corrected chi connectivity index (χ1v) is 9.03. The van der Waals surface area contributed by atoms with Crippen LogP contribution in [0.15, 0.2) is 17.5 Å². The number of hydrogen-bond acceptors (Lipinski definition) is 3. The third kappa shape index (κ3) is 3.54. The van der Waals surface area contributed by atoms with Gasteiger partial charge in [0.15, 0.2) is 0 Å². The molecule has 0 bridgehead atoms. The summed E-state index contributed by atoms with van der Waals surface area (Å²) in [7, 11) is 0. The van der Waals surface area contributed by atoms with E-state index in [2.05, 4.69) is 29.4 Å². The number of rotatable bonds is 4. The van der Waals surface area contributed by atoms with Crippen LogP contribution in [-0.2, 0) is 11.2 Å². The van der Waals surface area contributed by atoms with Gasteiger partial charge in [-0.1, -0.05) is 19.1 Å². The molecule has 1 saturated heterocycles. The zero-order valence-corrected chi connectivity index (χ0v) is 13.6. The molecule has 2 atom stereocenters. The molecular weight excluding hydrogens is 280 g/mol. The number of carbonyl (C=O) groups excluding carboxylic acids is 1. The molecule has 1 aliphatic heterocycles. The summed E-state index contributed by atoms with van der Waals surface area (Å²) < 4.78 is 0. The molecule has 1 amide bonds. The Bertz CT molecular complexity index is 523. The minimum absolute atomic E-state index is 0.337. The molecule has 1 aromatic rings. The number of nitrogens with zero attached hydrogens (tertiary/aromatic N) is 2. The molecule has 0 saturated carbocycles. The summed E-state index contributed by atoms with van der Waals surface area (Å²) >= 11 is 1.77. The monoisotopic (exact) mass is 304 g/mol. The standard InChI is InChI=1S/C17H24N2OS/c1-2-15-12-21-17(18-15)14-8-5-9-19(11-14)16(20)10-13-6-3-4-7-13/h3,6,12-14H,2,4-5,7-11H2,1H3/t13-,14-/m1/s1. The maximum absolute atomic E-state index is 12.5. The fraction of sp³-hybridized carbons (Fsp3) is 0.647. The minimum atomic E-state index is 0.337. The molecule has 21 heavy (non-hydrogen) atoms. The van der Waals surface area contributed by atoms with Crippen LogP contribution in [-0.4, -0.2) is 28.9 Å². The number of aryl methyl sites for hydroxylation is 1. The molecule has 0 unspecified atom stereocenters. The maximum Gasteiger partial charge on any atom is 0.223 e. The number of likely N-dealkylation sites (tertiary alicyclic amines) is 1. The van der Waals surface area contributed by atoms with Gasteiger partial charge in [0.2, 0.25) is 5.91 Å². The Kier molecular flexibility index (Phi) is 4.73. The van der Waals surface area contributed by atoms with Crippen LogP contribution in [0, 0.1) is 5.92 Å². The van der Waals surface area contributed by atoms with Crippen molar-refractivity contribution in [2.75, 3.05) is 13.1 Å². The van der Waals surface area contributed by atoms with Crippen LogP contribution >= 0.6 is 11.3 Å². The third-order valence-corrected chi connectivity index (χ3v) is 5.66. The van der Waals surface area contributed by atoms with Gasteiger partial charge in [-0.05, 0) is 38.0 Å². The van der Waals surface area contributed by atoms with Crippen LogP contribution in [0.25, 0.3) is 0 Å². The first kappa shape index (κ1) is 14.8. The average molecular weight is 304 g/mol. The zero-order valence-electron chi connectivity index (χ0n) is 12.8. The van der Waals surface area contributed by atoms with Crippen LogP contribution in [0.5, 0.6) is 0 Å². The van der Waals surface area contributed by atoms with E-state index in [1.165, 1.54) is 17.1 Å². The Morgan fingerprint density at radius 1 is 1.48 bits per heavy atom. The Labute approximate surface area is 131 Å². The second-order valence-corrected chi connectivity index (χ2v) is 7.07. The van der Waals surface area contributed by atoms with Crippen LogP contribution in [0.4, 0.5) is 0 Å². The average Bonchev–Trinajstić information content (AvgIpc) is 3.18. The molecule has 3 nitrogen and oxygen atoms in total. The third-order valence-electron chi connectivity index (χ3n) is 4.60. The quantitative estimate of drug-likeness (QED) is 0.793. The van der Waals surface area contributed by atoms with Gasteiger partial charge in [0.1, 0.15) is 0 Å². The number of amides is 1. The Morgan fingerprint density at radius 2 is 2.38 bits per heavy atom. The van der Waals surface area contributed by atoms with E-state index in [9.17, 15) is 4.79 Å². The van der Waals surface area contributed by atoms with Gasteiger partial charge in [0, 0.05) is 30.8 Å². The fourth-order valence-corrected chi connectivity index (χ4v) is 4.33. The summed E-state index contributed by atoms with van der Waals surface area (Å²) in [6, 6.07) is 0. The fourth-order valence-electron chi connectivity index (χ4n) is 3.30. The predicted octanol–water partition coefficient (Wildman–Crippen LogP) is 3.77. The number of carbonyl (C=O) groups is 1. The first-order valence-electron chi connectivity index (χ1n) is 8.15. The van der Waals surface area contributed by atoms with E-state index in [1.54, 1.807) is 11.3 Å². The highest BCUT2D eigenvalue weighted by atomic mass is 32.1. The van der Waals surface area contributed by atoms with Gasteiger partial charge >= 0.3 is 0 Å². The predicted molar refractivity (Wildman–Crippen MR) is 86.5 cm³/mol. The molecule has 4 heteroatoms. The van der Waals surface area contributed by atoms with E-state index < -0.39 is 0 Å². The van der Waals surface area contributed by atoms with Gasteiger partial charge < -0.3 is 4.90 Å². The topological polar surface area (TPSA) is 33.2 Å². The molecule has 2 heterocycles. The van der Waals surface area contributed by atoms with E-state index >= 15 is 0 Å². The van der Waals surface area contributed by atoms with Crippen molar-refractivity contribution in [1.29, 1.82) is 0 Å². The first-order chi connectivity index (χ1) is 10.3. The summed E-state index contributed by atoms with van der Waals surface area (Å²) in [5.74, 6) is 1.26. The molecule has 3 rings (SSSR count). The lowest BCUT2D eigenvalue weighted by molar-refractivity contribution is -0.133. The Morgan fingerprint density at radius 3 is 3.10 bits per heavy atom. The zero-order chi connectivity index (χ0) is 14.7. The largest absolute Gasteiger partial charge is 0.342 e. The van der Waals surface area contributed by atoms with E-state index in [4.69, 9.17) is 4.98 Å². The number of piperidine rings is 1. The van der Waals surface area contributed by atoms with Crippen molar-refractivity contribution in [2.45, 2.75) is 51.4 Å². The second kappa shape index (κ2) is 6.73. The molecular formula is C17H24N2OS. The lowest BCUT2D eigenvalue weighted by Gasteiger charge is -2.32. The minimum Gasteiger partial charge on any atom is -0.342 e. The Balaban J connectivity index is 1.59. The molecule has 0 aromatic carbocycles. The molecule has 0 N–H and O–H groups in total. The lowest BCUT2D eigenvalue weighted by Crippen LogP contribution is -2.39. The van der Waals surface area contributed by atoms with Crippen molar-refractivity contribution in [2.24, 2.45) is 5.92 Å². The maximum atomic E-state index is 12.5. The van der Waals surface area contributed by atoms with Crippen molar-refractivity contribution >= 4 is 17.2 Å². The van der Waals surface area contributed by atoms with Crippen LogP contribution in [0.3, 0.4) is 0 Å². The molecule has 0 spiro atoms. The molecule has 1 aliphatic carbocycles. The highest BCUT2D eigenvalue weighted by Gasteiger charge is 2.27. The number of hydrogen-bond donors (Lipinski definition) is 0. The van der Waals surface area contributed by atoms with Crippen LogP contribution < -0.4 is 0 Å². The summed E-state index contributed by atoms with van der Waals surface area (Å²) in [4.78, 5) is 19.3. The Hall–Kier alpha value is -1.16. The van der Waals surface area contributed by atoms with Gasteiger partial charge in [-0.3, -0.25) is 4.79 Å². The summed E-state index contributed by atoms with van der Waals surface area (Å²) in [5, 5.41) is 3.39. The SMILES string of the molecule is CCc1csc([C@@H]2CCCN(C(=O)C[C@@H]3C=CCC3)C2)n1. The van der Waals surface area contributed by atoms with Crippen molar-refractivity contribution < 1.29 is 4.79 Å². The van der Waals surface area contributed by atoms with Gasteiger partial charge in [-0.15, -0.1) is 11.3 Å². The summed E-state index contributed by atoms with van der Waals surface area (Å²) in [5.41, 5.74) is 1.19. The lowest BCUT2D eigenvalue weighted by atomic mass is 9.97. The smallest absolute Gasteiger partial charge is 0.223 e. The van der Waals surface area contributed by atoms with Crippen LogP contribution in [0.2, 0.25) is 0 Å². The molecule has 114 valence electrons. The van der Waals surface area contributed by atoms with E-state index in [-0.39, 0.29) is 0 Å². The van der Waals surface area contributed by atoms with Gasteiger partial charge in [-0.2, -0.15) is 0 Å². The summed E-state index contributed by atoms with van der Waals surface area (Å²) in [6.45, 7) is 3.94. The number of allylic oxidation sites excluding steroid dienone is 2. The van der Waals surface area contributed by atoms with E-state index in [0.29, 0.717) is 24.2 Å². The van der Waals surface area contributed by atoms with Gasteiger partial charge in [-0.25, -0.2) is 4.98 Å². The van der Waals surface area contributed by atoms with Gasteiger partial charge in [0.25, 0.3) is 0 Å². The highest BCUT2D eigenvalue weighted by Crippen LogP contribution is 2.30. The molecule has 0 radical (unpaired) electrons. The van der Waals surface area contributed by atoms with E-state index in [0.717, 1.165) is 38.8 Å². The second-order valence-electron chi connectivity index (χ2n) is 6.18. The van der Waals surface area contributed by atoms with Gasteiger partial charge in [0.05, 0.1) is 10.7 Å². The highest BCUT2D eigenvalue weighted by molar-refractivity contribution is 7.09. The number of thiazole rings is 1. The van der Waals surface area contributed by atoms with Crippen molar-refractivity contribution in [1.82, 2.24) is 9.88 Å². The normalized spacial score (nSPS) is 25.5. The van der Waals surface area contributed by atoms with Crippen molar-refractivity contribution in [3.8, 4) is 0 Å². The molecule has 1 fully saturated rings. The molecule has 1 aromatic heterocycles. The van der Waals surface area contributed by atoms with Crippen LogP contribution in [0.1, 0.15) is 55.6 Å².